The molecule has 1 aliphatic carbocycles. The van der Waals surface area contributed by atoms with Crippen molar-refractivity contribution in [3.63, 3.8) is 0 Å². The third-order valence-corrected chi connectivity index (χ3v) is 20.3. The van der Waals surface area contributed by atoms with Crippen molar-refractivity contribution in [2.24, 2.45) is 46.6 Å². The monoisotopic (exact) mass is 1600 g/mol. The van der Waals surface area contributed by atoms with Crippen LogP contribution in [-0.4, -0.2) is 187 Å². The second kappa shape index (κ2) is 54.1. The summed E-state index contributed by atoms with van der Waals surface area (Å²) in [5.74, 6) is -6.31. The first-order valence-corrected chi connectivity index (χ1v) is 41.4. The van der Waals surface area contributed by atoms with Gasteiger partial charge in [-0.2, -0.15) is 0 Å². The molecule has 31 heteroatoms. The fourth-order valence-electron chi connectivity index (χ4n) is 13.9. The molecule has 0 bridgehead atoms. The smallest absolute Gasteiger partial charge is 0.407 e. The SMILES string of the molecule is CC(CC(=O)NC(CCCCN)CC(=O)NC(CC(=O)O)C(C)C)NC(=O)CC(NC(=O)CC(CCCCN)NC(=O)CC(C)NC(=O)CC(NC(=O)CC(CCCCN)NC(=O)CC(C)NC(=O)CC(NC(=O)CC(CCCCN)NC(=O)CC(C)NC(=O)OCC1c2ccccc2-c2ccccc21)C(C)C)C(C)C)C(C)C. The number of hydrogen-bond donors (Lipinski definition) is 17. The molecular weight excluding hydrogens is 1460 g/mol. The summed E-state index contributed by atoms with van der Waals surface area (Å²) in [5, 5.41) is 44.1. The molecule has 0 aliphatic heterocycles. The van der Waals surface area contributed by atoms with Gasteiger partial charge in [0.2, 0.25) is 65.0 Å². The van der Waals surface area contributed by atoms with Gasteiger partial charge in [-0.15, -0.1) is 0 Å². The van der Waals surface area contributed by atoms with Gasteiger partial charge in [0.25, 0.3) is 0 Å². The summed E-state index contributed by atoms with van der Waals surface area (Å²) in [6.45, 7) is 23.2. The molecule has 0 radical (unpaired) electrons. The summed E-state index contributed by atoms with van der Waals surface area (Å²) < 4.78 is 5.69. The van der Waals surface area contributed by atoms with Crippen molar-refractivity contribution < 1.29 is 72.2 Å². The van der Waals surface area contributed by atoms with Gasteiger partial charge in [0.15, 0.2) is 0 Å². The molecule has 31 nitrogen and oxygen atoms in total. The molecule has 0 fully saturated rings. The predicted octanol–water partition coefficient (Wildman–Crippen LogP) is 5.21. The van der Waals surface area contributed by atoms with E-state index in [0.717, 1.165) is 22.3 Å². The van der Waals surface area contributed by atoms with E-state index in [1.165, 1.54) is 0 Å². The minimum Gasteiger partial charge on any atom is -0.481 e. The van der Waals surface area contributed by atoms with Crippen LogP contribution in [0.25, 0.3) is 11.1 Å². The van der Waals surface area contributed by atoms with Crippen molar-refractivity contribution in [3.8, 4) is 11.1 Å². The number of unbranched alkanes of at least 4 members (excludes halogenated alkanes) is 4. The van der Waals surface area contributed by atoms with Crippen molar-refractivity contribution in [2.45, 2.75) is 316 Å². The average Bonchev–Trinajstić information content (AvgIpc) is 1.62. The van der Waals surface area contributed by atoms with E-state index in [2.05, 4.69) is 75.9 Å². The molecule has 0 heterocycles. The van der Waals surface area contributed by atoms with Crippen LogP contribution in [0.4, 0.5) is 4.79 Å². The van der Waals surface area contributed by atoms with Gasteiger partial charge in [0, 0.05) is 149 Å². The zero-order valence-corrected chi connectivity index (χ0v) is 69.9. The second-order valence-electron chi connectivity index (χ2n) is 32.5. The zero-order chi connectivity index (χ0) is 85.0. The standard InChI is InChI=1S/C83H140N16O15/c1-50(2)67(45-79(108)88-54(9)37-71(100)92-59(26-18-22-34-85)42-76(105)97-68(51(3)4)46-80(109)90-56(11)39-73(102)94-61(28-20-24-36-87)44-78(107)99-70(53(7)8)48-82(111)112)96-75(104)41-58(25-17-21-33-84)93-72(101)38-55(10)89-81(110)47-69(52(5)6)98-77(106)43-60(27-19-23-35-86)95-74(103)40-57(12)91-83(113)114-49-66-64-31-15-13-29-62(64)63-30-14-16-32-65(63)66/h13-16,29-32,50-61,66-70H,17-28,33-49,84-87H2,1-12H3,(H,88,108)(H,89,110)(H,90,109)(H,91,113)(H,92,100)(H,93,101)(H,94,102)(H,95,103)(H,96,104)(H,97,105)(H,98,106)(H,99,107)(H,111,112). The molecule has 114 heavy (non-hydrogen) atoms. The quantitative estimate of drug-likeness (QED) is 0.0378. The number of fused-ring (bicyclic) bond motifs is 3. The number of nitrogens with one attached hydrogen (secondary N) is 12. The van der Waals surface area contributed by atoms with Crippen molar-refractivity contribution in [3.05, 3.63) is 59.7 Å². The lowest BCUT2D eigenvalue weighted by atomic mass is 9.98. The maximum atomic E-state index is 13.8. The van der Waals surface area contributed by atoms with Crippen LogP contribution in [0.3, 0.4) is 0 Å². The van der Waals surface area contributed by atoms with Gasteiger partial charge in [0.05, 0.1) is 6.42 Å². The number of nitrogens with two attached hydrogens (primary N) is 4. The number of alkyl carbamates (subject to hydrolysis) is 1. The number of carboxylic acids is 1. The fourth-order valence-corrected chi connectivity index (χ4v) is 13.9. The molecule has 2 aromatic carbocycles. The topological polar surface area (TPSA) is 500 Å². The van der Waals surface area contributed by atoms with Crippen LogP contribution in [0.15, 0.2) is 48.5 Å². The Balaban J connectivity index is 1.50. The Hall–Kier alpha value is -8.81. The highest BCUT2D eigenvalue weighted by molar-refractivity contribution is 5.87. The van der Waals surface area contributed by atoms with E-state index < -0.39 is 138 Å². The van der Waals surface area contributed by atoms with Gasteiger partial charge in [0.1, 0.15) is 6.61 Å². The second-order valence-corrected chi connectivity index (χ2v) is 32.5. The maximum Gasteiger partial charge on any atom is 0.407 e. The van der Waals surface area contributed by atoms with Crippen LogP contribution in [0.5, 0.6) is 0 Å². The van der Waals surface area contributed by atoms with Crippen molar-refractivity contribution in [1.29, 1.82) is 0 Å². The predicted molar refractivity (Wildman–Crippen MR) is 440 cm³/mol. The van der Waals surface area contributed by atoms with E-state index in [-0.39, 0.29) is 125 Å². The van der Waals surface area contributed by atoms with E-state index in [1.807, 2.05) is 91.8 Å². The summed E-state index contributed by atoms with van der Waals surface area (Å²) in [7, 11) is 0. The molecule has 0 aromatic heterocycles. The van der Waals surface area contributed by atoms with Crippen LogP contribution < -0.4 is 86.7 Å². The zero-order valence-electron chi connectivity index (χ0n) is 69.9. The third-order valence-electron chi connectivity index (χ3n) is 20.3. The molecule has 0 saturated carbocycles. The third kappa shape index (κ3) is 41.0. The highest BCUT2D eigenvalue weighted by Crippen LogP contribution is 2.44. The number of carbonyl (C=O) groups excluding carboxylic acids is 12. The lowest BCUT2D eigenvalue weighted by molar-refractivity contribution is -0.138. The number of ether oxygens (including phenoxy) is 1. The van der Waals surface area contributed by atoms with Crippen molar-refractivity contribution in [2.75, 3.05) is 32.8 Å². The number of carboxylic acid groups (broad SMARTS) is 1. The van der Waals surface area contributed by atoms with Gasteiger partial charge in [-0.05, 0) is 151 Å². The summed E-state index contributed by atoms with van der Waals surface area (Å²) in [4.78, 5) is 173. The van der Waals surface area contributed by atoms with Crippen LogP contribution in [0.2, 0.25) is 0 Å². The number of amides is 12. The Morgan fingerprint density at radius 3 is 0.798 bits per heavy atom. The number of rotatable bonds is 58. The van der Waals surface area contributed by atoms with E-state index in [9.17, 15) is 67.4 Å². The van der Waals surface area contributed by atoms with Gasteiger partial charge in [-0.25, -0.2) is 4.79 Å². The normalized spacial score (nSPS) is 15.0. The van der Waals surface area contributed by atoms with E-state index >= 15 is 0 Å². The summed E-state index contributed by atoms with van der Waals surface area (Å²) in [5.41, 5.74) is 27.5. The van der Waals surface area contributed by atoms with E-state index in [1.54, 1.807) is 27.7 Å². The van der Waals surface area contributed by atoms with Crippen LogP contribution in [-0.2, 0) is 62.3 Å². The van der Waals surface area contributed by atoms with Crippen LogP contribution in [0.1, 0.15) is 254 Å². The minimum absolute atomic E-state index is 0.0694. The molecule has 0 saturated heterocycles. The molecule has 12 unspecified atom stereocenters. The first kappa shape index (κ1) is 99.4. The number of benzene rings is 2. The molecule has 2 aromatic rings. The average molecular weight is 1600 g/mol. The molecular formula is C83H140N16O15. The number of hydrogen-bond acceptors (Lipinski definition) is 18. The minimum atomic E-state index is -1.04. The van der Waals surface area contributed by atoms with Crippen molar-refractivity contribution in [1.82, 2.24) is 63.8 Å². The van der Waals surface area contributed by atoms with E-state index in [4.69, 9.17) is 27.7 Å². The van der Waals surface area contributed by atoms with Gasteiger partial charge < -0.3 is 96.6 Å². The number of carbonyl (C=O) groups is 13. The summed E-state index contributed by atoms with van der Waals surface area (Å²) >= 11 is 0. The Labute approximate surface area is 675 Å². The Morgan fingerprint density at radius 1 is 0.307 bits per heavy atom. The van der Waals surface area contributed by atoms with Crippen molar-refractivity contribution >= 4 is 77.0 Å². The maximum absolute atomic E-state index is 13.8. The van der Waals surface area contributed by atoms with Gasteiger partial charge in [-0.1, -0.05) is 130 Å². The molecule has 1 aliphatic rings. The van der Waals surface area contributed by atoms with Gasteiger partial charge in [-0.3, -0.25) is 57.5 Å². The lowest BCUT2D eigenvalue weighted by Gasteiger charge is -2.26. The summed E-state index contributed by atoms with van der Waals surface area (Å²) in [6, 6.07) is 8.75. The largest absolute Gasteiger partial charge is 0.481 e. The first-order chi connectivity index (χ1) is 54.0. The Morgan fingerprint density at radius 2 is 0.544 bits per heavy atom. The Bertz CT molecular complexity index is 3310. The highest BCUT2D eigenvalue weighted by Gasteiger charge is 2.33. The highest BCUT2D eigenvalue weighted by atomic mass is 16.5. The number of aliphatic carboxylic acids is 1. The summed E-state index contributed by atoms with van der Waals surface area (Å²) in [6.07, 6.45) is 4.84. The van der Waals surface area contributed by atoms with Crippen LogP contribution >= 0.6 is 0 Å². The Kier molecular flexibility index (Phi) is 47.2. The van der Waals surface area contributed by atoms with Crippen LogP contribution in [0, 0.1) is 23.7 Å². The molecule has 3 rings (SSSR count). The first-order valence-electron chi connectivity index (χ1n) is 41.4. The molecule has 12 amide bonds. The van der Waals surface area contributed by atoms with E-state index in [0.29, 0.717) is 103 Å². The van der Waals surface area contributed by atoms with Gasteiger partial charge >= 0.3 is 12.1 Å². The fraction of sp³-hybridized carbons (Fsp3) is 0.699. The lowest BCUT2D eigenvalue weighted by Crippen LogP contribution is -2.48. The molecule has 12 atom stereocenters. The molecule has 0 spiro atoms. The molecule has 642 valence electrons. The molecule has 21 N–H and O–H groups in total.